The van der Waals surface area contributed by atoms with Gasteiger partial charge in [0.1, 0.15) is 5.82 Å². The molecule has 4 rings (SSSR count). The molecular weight excluding hydrogens is 384 g/mol. The molecule has 1 heterocycles. The predicted molar refractivity (Wildman–Crippen MR) is 128 cm³/mol. The van der Waals surface area contributed by atoms with Crippen LogP contribution in [0.5, 0.6) is 0 Å². The van der Waals surface area contributed by atoms with Gasteiger partial charge in [0.25, 0.3) is 0 Å². The summed E-state index contributed by atoms with van der Waals surface area (Å²) in [5.41, 5.74) is 7.28. The first-order valence-electron chi connectivity index (χ1n) is 10.7. The fourth-order valence-corrected chi connectivity index (χ4v) is 3.85. The van der Waals surface area contributed by atoms with E-state index in [4.69, 9.17) is 4.98 Å². The lowest BCUT2D eigenvalue weighted by Gasteiger charge is -2.12. The Labute approximate surface area is 183 Å². The van der Waals surface area contributed by atoms with Gasteiger partial charge in [0.05, 0.1) is 11.0 Å². The minimum absolute atomic E-state index is 0.238. The Morgan fingerprint density at radius 3 is 2.45 bits per heavy atom. The lowest BCUT2D eigenvalue weighted by Crippen LogP contribution is -2.20. The maximum absolute atomic E-state index is 12.4. The second-order valence-electron chi connectivity index (χ2n) is 7.78. The number of urea groups is 1. The largest absolute Gasteiger partial charge is 0.328 e. The first kappa shape index (κ1) is 20.7. The van der Waals surface area contributed by atoms with E-state index in [1.807, 2.05) is 50.2 Å². The third-order valence-electron chi connectivity index (χ3n) is 5.75. The Morgan fingerprint density at radius 1 is 0.903 bits per heavy atom. The van der Waals surface area contributed by atoms with Gasteiger partial charge in [0.15, 0.2) is 0 Å². The smallest absolute Gasteiger partial charge is 0.323 e. The zero-order valence-electron chi connectivity index (χ0n) is 18.3. The molecule has 4 aromatic rings. The summed E-state index contributed by atoms with van der Waals surface area (Å²) in [6.07, 6.45) is 1.78. The molecule has 0 aliphatic rings. The van der Waals surface area contributed by atoms with Crippen LogP contribution in [0.3, 0.4) is 0 Å². The SMILES string of the molecule is CCn1c(CCc2ccc(NC(=O)Nc3cccc(C)c3C)cc2)nc2ccccc21. The fourth-order valence-electron chi connectivity index (χ4n) is 3.85. The molecule has 2 N–H and O–H groups in total. The zero-order chi connectivity index (χ0) is 21.8. The summed E-state index contributed by atoms with van der Waals surface area (Å²) >= 11 is 0. The summed E-state index contributed by atoms with van der Waals surface area (Å²) in [6.45, 7) is 7.11. The second kappa shape index (κ2) is 9.04. The van der Waals surface area contributed by atoms with E-state index in [-0.39, 0.29) is 6.03 Å². The van der Waals surface area contributed by atoms with E-state index < -0.39 is 0 Å². The van der Waals surface area contributed by atoms with Gasteiger partial charge < -0.3 is 15.2 Å². The van der Waals surface area contributed by atoms with Crippen molar-refractivity contribution in [2.45, 2.75) is 40.2 Å². The molecule has 1 aromatic heterocycles. The van der Waals surface area contributed by atoms with Crippen LogP contribution >= 0.6 is 0 Å². The van der Waals surface area contributed by atoms with E-state index >= 15 is 0 Å². The Kier molecular flexibility index (Phi) is 6.03. The number of aryl methyl sites for hydroxylation is 4. The summed E-state index contributed by atoms with van der Waals surface area (Å²) < 4.78 is 2.28. The van der Waals surface area contributed by atoms with Gasteiger partial charge in [-0.1, -0.05) is 36.4 Å². The van der Waals surface area contributed by atoms with Crippen LogP contribution < -0.4 is 10.6 Å². The van der Waals surface area contributed by atoms with Crippen molar-refractivity contribution in [2.24, 2.45) is 0 Å². The van der Waals surface area contributed by atoms with Crippen molar-refractivity contribution in [1.29, 1.82) is 0 Å². The highest BCUT2D eigenvalue weighted by Crippen LogP contribution is 2.20. The van der Waals surface area contributed by atoms with E-state index in [2.05, 4.69) is 52.5 Å². The van der Waals surface area contributed by atoms with Gasteiger partial charge in [-0.05, 0) is 74.2 Å². The lowest BCUT2D eigenvalue weighted by atomic mass is 10.1. The first-order valence-corrected chi connectivity index (χ1v) is 10.7. The van der Waals surface area contributed by atoms with Gasteiger partial charge >= 0.3 is 6.03 Å². The molecule has 3 aromatic carbocycles. The molecule has 0 atom stereocenters. The quantitative estimate of drug-likeness (QED) is 0.402. The molecule has 0 saturated heterocycles. The van der Waals surface area contributed by atoms with Gasteiger partial charge in [-0.2, -0.15) is 0 Å². The average molecular weight is 413 g/mol. The fraction of sp³-hybridized carbons (Fsp3) is 0.231. The van der Waals surface area contributed by atoms with Crippen LogP contribution in [-0.2, 0) is 19.4 Å². The molecule has 158 valence electrons. The number of anilines is 2. The number of amides is 2. The van der Waals surface area contributed by atoms with E-state index in [0.29, 0.717) is 0 Å². The highest BCUT2D eigenvalue weighted by Gasteiger charge is 2.10. The van der Waals surface area contributed by atoms with Crippen molar-refractivity contribution in [2.75, 3.05) is 10.6 Å². The number of nitrogens with one attached hydrogen (secondary N) is 2. The maximum atomic E-state index is 12.4. The van der Waals surface area contributed by atoms with Gasteiger partial charge in [0, 0.05) is 24.3 Å². The zero-order valence-corrected chi connectivity index (χ0v) is 18.3. The summed E-state index contributed by atoms with van der Waals surface area (Å²) in [6, 6.07) is 21.9. The monoisotopic (exact) mass is 412 g/mol. The summed E-state index contributed by atoms with van der Waals surface area (Å²) in [5.74, 6) is 1.11. The topological polar surface area (TPSA) is 59.0 Å². The number of imidazole rings is 1. The molecule has 0 unspecified atom stereocenters. The molecule has 0 saturated carbocycles. The number of carbonyl (C=O) groups is 1. The highest BCUT2D eigenvalue weighted by molar-refractivity contribution is 6.00. The van der Waals surface area contributed by atoms with Gasteiger partial charge in [-0.25, -0.2) is 9.78 Å². The number of fused-ring (bicyclic) bond motifs is 1. The van der Waals surface area contributed by atoms with Crippen LogP contribution in [0, 0.1) is 13.8 Å². The van der Waals surface area contributed by atoms with Crippen LogP contribution in [0.4, 0.5) is 16.2 Å². The molecule has 0 radical (unpaired) electrons. The normalized spacial score (nSPS) is 10.9. The van der Waals surface area contributed by atoms with Crippen molar-refractivity contribution in [3.63, 3.8) is 0 Å². The van der Waals surface area contributed by atoms with Crippen LogP contribution in [0.25, 0.3) is 11.0 Å². The number of aromatic nitrogens is 2. The summed E-state index contributed by atoms with van der Waals surface area (Å²) in [7, 11) is 0. The molecule has 5 heteroatoms. The van der Waals surface area contributed by atoms with Crippen molar-refractivity contribution in [1.82, 2.24) is 9.55 Å². The van der Waals surface area contributed by atoms with E-state index in [1.54, 1.807) is 0 Å². The number of benzene rings is 3. The minimum Gasteiger partial charge on any atom is -0.328 e. The third-order valence-corrected chi connectivity index (χ3v) is 5.75. The van der Waals surface area contributed by atoms with Gasteiger partial charge in [-0.3, -0.25) is 0 Å². The molecule has 5 nitrogen and oxygen atoms in total. The third kappa shape index (κ3) is 4.61. The lowest BCUT2D eigenvalue weighted by molar-refractivity contribution is 0.262. The van der Waals surface area contributed by atoms with Crippen molar-refractivity contribution in [3.05, 3.63) is 89.2 Å². The number of nitrogens with zero attached hydrogens (tertiary/aromatic N) is 2. The predicted octanol–water partition coefficient (Wildman–Crippen LogP) is 6.10. The standard InChI is InChI=1S/C26H28N4O/c1-4-30-24-11-6-5-9-23(24)28-25(30)17-14-20-12-15-21(16-13-20)27-26(31)29-22-10-7-8-18(2)19(22)3/h5-13,15-16H,4,14,17H2,1-3H3,(H2,27,29,31). The first-order chi connectivity index (χ1) is 15.0. The molecule has 0 bridgehead atoms. The van der Waals surface area contributed by atoms with Crippen LogP contribution in [0.15, 0.2) is 66.7 Å². The summed E-state index contributed by atoms with van der Waals surface area (Å²) in [5, 5.41) is 5.83. The molecule has 2 amide bonds. The number of rotatable bonds is 6. The van der Waals surface area contributed by atoms with Crippen molar-refractivity contribution < 1.29 is 4.79 Å². The molecular formula is C26H28N4O. The van der Waals surface area contributed by atoms with Crippen molar-refractivity contribution >= 4 is 28.4 Å². The number of carbonyl (C=O) groups excluding carboxylic acids is 1. The van der Waals surface area contributed by atoms with Crippen LogP contribution in [0.1, 0.15) is 29.4 Å². The molecule has 0 aliphatic heterocycles. The van der Waals surface area contributed by atoms with Gasteiger partial charge in [-0.15, -0.1) is 0 Å². The Hall–Kier alpha value is -3.60. The Bertz CT molecular complexity index is 1210. The number of hydrogen-bond donors (Lipinski definition) is 2. The van der Waals surface area contributed by atoms with Crippen LogP contribution in [-0.4, -0.2) is 15.6 Å². The Balaban J connectivity index is 1.37. The molecule has 0 spiro atoms. The number of hydrogen-bond acceptors (Lipinski definition) is 2. The van der Waals surface area contributed by atoms with Crippen molar-refractivity contribution in [3.8, 4) is 0 Å². The van der Waals surface area contributed by atoms with Crippen LogP contribution in [0.2, 0.25) is 0 Å². The summed E-state index contributed by atoms with van der Waals surface area (Å²) in [4.78, 5) is 17.2. The molecule has 0 aliphatic carbocycles. The Morgan fingerprint density at radius 2 is 1.68 bits per heavy atom. The molecule has 31 heavy (non-hydrogen) atoms. The minimum atomic E-state index is -0.238. The molecule has 0 fully saturated rings. The van der Waals surface area contributed by atoms with E-state index in [1.165, 1.54) is 11.1 Å². The van der Waals surface area contributed by atoms with E-state index in [9.17, 15) is 4.79 Å². The number of para-hydroxylation sites is 2. The second-order valence-corrected chi connectivity index (χ2v) is 7.78. The highest BCUT2D eigenvalue weighted by atomic mass is 16.2. The van der Waals surface area contributed by atoms with Gasteiger partial charge in [0.2, 0.25) is 0 Å². The van der Waals surface area contributed by atoms with E-state index in [0.717, 1.165) is 53.2 Å². The maximum Gasteiger partial charge on any atom is 0.323 e. The average Bonchev–Trinajstić information content (AvgIpc) is 3.14.